The van der Waals surface area contributed by atoms with Crippen LogP contribution in [-0.2, 0) is 0 Å². The average molecular weight is 838 g/mol. The SMILES string of the molecule is CC.CC.CC.CC.CC.CC.CC.[2H]C(C)(C)C.[2H]C(C)(C)CC.[2H]C([2H])(C)C([2H])(C)C.[2H]C([2H])([2H])C(C)(C([2H])([2H])[2H])C([2H])([2H])C.[2H]C([2H])([2H])C([2H])(C)C.[2H]C([2H])([2H])C([2H])(C)C([2H])(C)C.[2H]C([2H])([2H])C([2H])(C)C([2H])([2H])C.[2H]C([2H])([2H])C([2H])(C)C([2H])([2H])C([2H])([2H])C. The summed E-state index contributed by atoms with van der Waals surface area (Å²) in [4.78, 5) is 0. The molecular formula is C55H140. The molecule has 0 N–H and O–H groups in total. The molecule has 0 aliphatic heterocycles. The second-order valence-electron chi connectivity index (χ2n) is 10.2. The molecule has 0 heteroatoms. The van der Waals surface area contributed by atoms with Crippen molar-refractivity contribution in [1.29, 1.82) is 0 Å². The topological polar surface area (TPSA) is 0 Å². The summed E-state index contributed by atoms with van der Waals surface area (Å²) in [5, 5.41) is 0. The van der Waals surface area contributed by atoms with E-state index in [0.717, 1.165) is 48.0 Å². The predicted octanol–water partition coefficient (Wildman–Crippen LogP) is 23.8. The van der Waals surface area contributed by atoms with Crippen LogP contribution in [0.5, 0.6) is 0 Å². The highest BCUT2D eigenvalue weighted by molar-refractivity contribution is 4.55. The Kier molecular flexibility index (Phi) is 59.1. The van der Waals surface area contributed by atoms with E-state index in [1.807, 2.05) is 138 Å². The van der Waals surface area contributed by atoms with E-state index in [2.05, 4.69) is 0 Å². The predicted molar refractivity (Wildman–Crippen MR) is 285 cm³/mol. The van der Waals surface area contributed by atoms with Gasteiger partial charge in [0.15, 0.2) is 0 Å². The summed E-state index contributed by atoms with van der Waals surface area (Å²) in [6.07, 6.45) is -9.90. The molecule has 0 fully saturated rings. The first-order valence-corrected chi connectivity index (χ1v) is 20.6. The van der Waals surface area contributed by atoms with E-state index in [1.54, 1.807) is 13.8 Å². The largest absolute Gasteiger partial charge is 0.0683 e. The van der Waals surface area contributed by atoms with Crippen molar-refractivity contribution in [3.63, 3.8) is 0 Å². The molecule has 0 heterocycles. The highest BCUT2D eigenvalue weighted by Crippen LogP contribution is 2.16. The van der Waals surface area contributed by atoms with Gasteiger partial charge in [0.25, 0.3) is 0 Å². The Hall–Kier alpha value is 0. The normalized spacial score (nSPS) is 24.8. The Morgan fingerprint density at radius 2 is 0.673 bits per heavy atom. The molecule has 0 aromatic rings. The smallest absolute Gasteiger partial charge is 0.0300 e. The van der Waals surface area contributed by atoms with Gasteiger partial charge in [-0.2, -0.15) is 0 Å². The van der Waals surface area contributed by atoms with Gasteiger partial charge in [0, 0.05) is 49.3 Å². The molecule has 0 saturated heterocycles. The molecule has 0 bridgehead atoms. The van der Waals surface area contributed by atoms with Gasteiger partial charge in [0.05, 0.1) is 0 Å². The van der Waals surface area contributed by atoms with Gasteiger partial charge < -0.3 is 0 Å². The van der Waals surface area contributed by atoms with Crippen LogP contribution < -0.4 is 0 Å². The van der Waals surface area contributed by atoms with E-state index in [0.29, 0.717) is 0 Å². The molecule has 0 aromatic heterocycles. The van der Waals surface area contributed by atoms with Crippen molar-refractivity contribution in [1.82, 2.24) is 0 Å². The second kappa shape index (κ2) is 117. The molecule has 3 atom stereocenters. The summed E-state index contributed by atoms with van der Waals surface area (Å²) < 4.78 is 256. The molecule has 0 saturated carbocycles. The first-order valence-electron chi connectivity index (χ1n) is 38.6. The minimum atomic E-state index is -2.86. The molecular weight excluding hydrogens is 661 g/mol. The van der Waals surface area contributed by atoms with Crippen LogP contribution in [0.25, 0.3) is 0 Å². The molecule has 0 nitrogen and oxygen atoms in total. The van der Waals surface area contributed by atoms with Crippen LogP contribution >= 0.6 is 0 Å². The van der Waals surface area contributed by atoms with Crippen molar-refractivity contribution in [3.8, 4) is 0 Å². The van der Waals surface area contributed by atoms with Crippen molar-refractivity contribution in [2.75, 3.05) is 0 Å². The third-order valence-electron chi connectivity index (χ3n) is 3.14. The Labute approximate surface area is 417 Å². The van der Waals surface area contributed by atoms with Gasteiger partial charge in [-0.05, 0) is 52.6 Å². The van der Waals surface area contributed by atoms with Crippen LogP contribution in [0.15, 0.2) is 0 Å². The highest BCUT2D eigenvalue weighted by atomic mass is 14.1. The third kappa shape index (κ3) is 570. The first-order chi connectivity index (χ1) is 38.6. The van der Waals surface area contributed by atoms with Gasteiger partial charge in [0.1, 0.15) is 0 Å². The Morgan fingerprint density at radius 3 is 0.691 bits per heavy atom. The Bertz CT molecular complexity index is 1420. The van der Waals surface area contributed by atoms with Crippen molar-refractivity contribution in [3.05, 3.63) is 0 Å². The van der Waals surface area contributed by atoms with Crippen LogP contribution in [0.3, 0.4) is 0 Å². The molecule has 3 unspecified atom stereocenters. The van der Waals surface area contributed by atoms with Crippen LogP contribution in [0, 0.1) is 52.6 Å². The molecule has 0 aliphatic rings. The third-order valence-corrected chi connectivity index (χ3v) is 3.14. The summed E-state index contributed by atoms with van der Waals surface area (Å²) in [7, 11) is 0. The van der Waals surface area contributed by atoms with Crippen molar-refractivity contribution < 1.29 is 49.3 Å². The molecule has 360 valence electrons. The molecule has 0 radical (unpaired) electrons. The molecule has 0 rings (SSSR count). The summed E-state index contributed by atoms with van der Waals surface area (Å²) in [6.45, 7) is 41.1. The highest BCUT2D eigenvalue weighted by Gasteiger charge is 2.03. The van der Waals surface area contributed by atoms with Crippen LogP contribution in [0.4, 0.5) is 0 Å². The van der Waals surface area contributed by atoms with Gasteiger partial charge >= 0.3 is 0 Å². The minimum absolute atomic E-state index is 0.208. The quantitative estimate of drug-likeness (QED) is 0.250. The standard InChI is InChI=1S/3C6H14.3C5H12.2C4H10.7C2H6/c1-5-6(2,3)4;1-5(2)6(3)4;1-4-5-6(2)3;3*1-4-5(2)3;2*1-4(2)3;7*1-2/h5H2,1-4H3;5-6H,1-4H3;6H,4-5H2,1-3H3;3*5H,4H2,1-3H3;2*4H,1-3H3;7*1-2H3/i2D3,3D3,5D2;1D3,5D,6D;2D3,4D2,5D2,6D;2D3,4D2,5D;4D2,5D;5D;1D3,4D;4D;;;;;;;. The van der Waals surface area contributed by atoms with Crippen LogP contribution in [0.2, 0.25) is 0 Å². The fraction of sp³-hybridized carbons (Fsp3) is 1.00. The van der Waals surface area contributed by atoms with Gasteiger partial charge in [-0.15, -0.1) is 0 Å². The van der Waals surface area contributed by atoms with E-state index < -0.39 is 114 Å². The minimum Gasteiger partial charge on any atom is -0.0683 e. The van der Waals surface area contributed by atoms with Crippen LogP contribution in [0.1, 0.15) is 364 Å². The van der Waals surface area contributed by atoms with Gasteiger partial charge in [-0.1, -0.05) is 315 Å². The van der Waals surface area contributed by atoms with Crippen molar-refractivity contribution >= 4 is 0 Å². The monoisotopic (exact) mass is 837 g/mol. The lowest BCUT2D eigenvalue weighted by atomic mass is 9.94. The van der Waals surface area contributed by atoms with E-state index >= 15 is 0 Å². The summed E-state index contributed by atoms with van der Waals surface area (Å²) in [5.41, 5.74) is -2.35. The maximum atomic E-state index is 7.48. The zero-order chi connectivity index (χ0) is 80.7. The number of hydrogen-bond donors (Lipinski definition) is 0. The lowest BCUT2D eigenvalue weighted by Gasteiger charge is -2.12. The van der Waals surface area contributed by atoms with E-state index in [9.17, 15) is 0 Å². The molecule has 0 amide bonds. The summed E-state index contributed by atoms with van der Waals surface area (Å²) >= 11 is 0. The fourth-order valence-electron chi connectivity index (χ4n) is 0.188. The van der Waals surface area contributed by atoms with Gasteiger partial charge in [0.2, 0.25) is 0 Å². The lowest BCUT2D eigenvalue weighted by molar-refractivity contribution is 0.398. The zero-order valence-electron chi connectivity index (χ0n) is 80.7. The summed E-state index contributed by atoms with van der Waals surface area (Å²) in [6, 6.07) is 0. The molecule has 0 aromatic carbocycles. The Morgan fingerprint density at radius 1 is 0.418 bits per heavy atom. The molecule has 0 aliphatic carbocycles. The maximum Gasteiger partial charge on any atom is 0.0300 e. The van der Waals surface area contributed by atoms with E-state index in [1.165, 1.54) is 41.5 Å². The lowest BCUT2D eigenvalue weighted by Crippen LogP contribution is -2.00. The average Bonchev–Trinajstić information content (AvgIpc) is 3.29. The molecule has 55 heavy (non-hydrogen) atoms. The van der Waals surface area contributed by atoms with Crippen molar-refractivity contribution in [2.24, 2.45) is 52.6 Å². The zero-order valence-corrected chi connectivity index (χ0v) is 44.7. The van der Waals surface area contributed by atoms with E-state index in [4.69, 9.17) is 49.3 Å². The maximum absolute atomic E-state index is 7.48. The number of hydrogen-bond acceptors (Lipinski definition) is 0. The summed E-state index contributed by atoms with van der Waals surface area (Å²) in [5.74, 6) is -10.2. The van der Waals surface area contributed by atoms with Gasteiger partial charge in [-0.25, -0.2) is 0 Å². The molecule has 0 spiro atoms. The van der Waals surface area contributed by atoms with Crippen molar-refractivity contribution in [2.45, 2.75) is 315 Å². The first kappa shape index (κ1) is 27.8. The second-order valence-corrected chi connectivity index (χ2v) is 10.2. The number of rotatable bonds is 6. The Balaban J connectivity index is -0.0000000550. The van der Waals surface area contributed by atoms with E-state index in [-0.39, 0.29) is 11.8 Å². The fourth-order valence-corrected chi connectivity index (χ4v) is 0.188. The van der Waals surface area contributed by atoms with Gasteiger partial charge in [-0.3, -0.25) is 0 Å². The van der Waals surface area contributed by atoms with Crippen LogP contribution in [-0.4, -0.2) is 0 Å².